The molecule has 0 spiro atoms. The zero-order valence-corrected chi connectivity index (χ0v) is 25.6. The average molecular weight is 678 g/mol. The van der Waals surface area contributed by atoms with Crippen molar-refractivity contribution in [3.63, 3.8) is 0 Å². The number of likely N-dealkylation sites (N-methyl/N-ethyl adjacent to an activating group) is 1. The number of carbonyl (C=O) groups is 5. The first-order valence-electron chi connectivity index (χ1n) is 13.5. The summed E-state index contributed by atoms with van der Waals surface area (Å²) >= 11 is 1.99. The second kappa shape index (κ2) is 12.8. The molecule has 244 valence electrons. The molecule has 0 saturated carbocycles. The van der Waals surface area contributed by atoms with Crippen molar-refractivity contribution in [3.8, 4) is 5.75 Å². The van der Waals surface area contributed by atoms with Crippen LogP contribution in [0, 0.1) is 0 Å². The lowest BCUT2D eigenvalue weighted by atomic mass is 10.0. The largest absolute Gasteiger partial charge is 0.543 e. The molecule has 1 unspecified atom stereocenters. The molecule has 2 aromatic heterocycles. The Morgan fingerprint density at radius 1 is 1.28 bits per heavy atom. The topological polar surface area (TPSA) is 274 Å². The van der Waals surface area contributed by atoms with Crippen molar-refractivity contribution in [3.05, 3.63) is 45.3 Å². The number of thioether (sulfide) groups is 1. The van der Waals surface area contributed by atoms with Crippen molar-refractivity contribution < 1.29 is 48.6 Å². The van der Waals surface area contributed by atoms with Gasteiger partial charge in [-0.15, -0.1) is 11.8 Å². The molecule has 2 saturated heterocycles. The summed E-state index contributed by atoms with van der Waals surface area (Å²) in [5.41, 5.74) is 4.58. The van der Waals surface area contributed by atoms with Crippen LogP contribution >= 0.6 is 23.3 Å². The maximum Gasteiger partial charge on any atom is 0.344 e. The Morgan fingerprint density at radius 2 is 2.00 bits per heavy atom. The standard InChI is InChI=1S/C25H27N9O10S2/c1-34(4-2-32(3-5-34)21(40)12-6-13(35)14(36)7-27-12)8-11-10-45-23-17(22(41)33(23)18(11)24(42)43)28-20(39)16(30-44-9-15(37)38)19-29-25(26)46-31-19/h6-7,17,23H,2-5,8-10H2,1H3,(H6-,26,27,28,29,30,31,35,36,37,38,39,40,42,43)/t17?,23-/m1/s1. The highest BCUT2D eigenvalue weighted by Gasteiger charge is 2.54. The molecule has 5 heterocycles. The van der Waals surface area contributed by atoms with Crippen molar-refractivity contribution in [1.29, 1.82) is 0 Å². The number of nitrogen functional groups attached to an aromatic ring is 1. The number of H-pyrrole nitrogens is 1. The number of nitrogens with zero attached hydrogens (tertiary/aromatic N) is 6. The molecule has 5 rings (SSSR count). The molecule has 6 N–H and O–H groups in total. The normalized spacial score (nSPS) is 20.9. The van der Waals surface area contributed by atoms with Crippen LogP contribution in [0.1, 0.15) is 16.3 Å². The van der Waals surface area contributed by atoms with E-state index in [-0.39, 0.29) is 34.6 Å². The number of aromatic amines is 1. The van der Waals surface area contributed by atoms with E-state index in [0.29, 0.717) is 36.2 Å². The van der Waals surface area contributed by atoms with Gasteiger partial charge in [-0.25, -0.2) is 4.79 Å². The van der Waals surface area contributed by atoms with Gasteiger partial charge in [0, 0.05) is 35.1 Å². The average Bonchev–Trinajstić information content (AvgIpc) is 3.44. The molecule has 0 aromatic carbocycles. The van der Waals surface area contributed by atoms with Gasteiger partial charge in [-0.2, -0.15) is 9.36 Å². The number of fused-ring (bicyclic) bond motifs is 1. The van der Waals surface area contributed by atoms with Gasteiger partial charge in [0.2, 0.25) is 23.6 Å². The summed E-state index contributed by atoms with van der Waals surface area (Å²) in [4.78, 5) is 87.8. The van der Waals surface area contributed by atoms with E-state index in [1.807, 2.05) is 7.05 Å². The van der Waals surface area contributed by atoms with Gasteiger partial charge in [0.25, 0.3) is 17.7 Å². The molecule has 0 radical (unpaired) electrons. The number of oxime groups is 1. The predicted molar refractivity (Wildman–Crippen MR) is 157 cm³/mol. The fourth-order valence-corrected chi connectivity index (χ4v) is 6.97. The third kappa shape index (κ3) is 6.50. The number of aromatic hydroxyl groups is 1. The van der Waals surface area contributed by atoms with E-state index in [4.69, 9.17) is 10.8 Å². The van der Waals surface area contributed by atoms with Crippen LogP contribution in [0.15, 0.2) is 33.5 Å². The molecule has 0 bridgehead atoms. The highest BCUT2D eigenvalue weighted by Crippen LogP contribution is 2.40. The number of carboxylic acids is 2. The molecule has 3 aliphatic rings. The fraction of sp³-hybridized carbons (Fsp3) is 0.400. The Balaban J connectivity index is 1.26. The molecular weight excluding hydrogens is 650 g/mol. The van der Waals surface area contributed by atoms with E-state index in [1.165, 1.54) is 11.8 Å². The molecule has 3 aliphatic heterocycles. The van der Waals surface area contributed by atoms with Crippen LogP contribution in [-0.2, 0) is 24.0 Å². The molecule has 19 nitrogen and oxygen atoms in total. The summed E-state index contributed by atoms with van der Waals surface area (Å²) in [7, 11) is 1.90. The number of rotatable bonds is 10. The SMILES string of the molecule is C[N+]1(CC2=C(C(=O)[O-])N3C(=O)C(NC(=O)C(=NOCC(=O)O)c4nsc(N)n4)[C@H]3SC2)CCN(C(=O)c2cc(=O)c(O)c[nH]2)CC1. The van der Waals surface area contributed by atoms with Gasteiger partial charge in [0.15, 0.2) is 10.9 Å². The molecule has 46 heavy (non-hydrogen) atoms. The lowest BCUT2D eigenvalue weighted by molar-refractivity contribution is -0.908. The van der Waals surface area contributed by atoms with Gasteiger partial charge in [-0.05, 0) is 0 Å². The molecule has 2 atom stereocenters. The van der Waals surface area contributed by atoms with Crippen LogP contribution in [-0.4, -0.2) is 138 Å². The van der Waals surface area contributed by atoms with E-state index >= 15 is 0 Å². The van der Waals surface area contributed by atoms with Gasteiger partial charge >= 0.3 is 5.97 Å². The Bertz CT molecular complexity index is 1730. The lowest BCUT2D eigenvalue weighted by Crippen LogP contribution is -2.72. The minimum Gasteiger partial charge on any atom is -0.543 e. The minimum absolute atomic E-state index is 0.00297. The Morgan fingerprint density at radius 3 is 2.61 bits per heavy atom. The monoisotopic (exact) mass is 677 g/mol. The molecule has 21 heteroatoms. The van der Waals surface area contributed by atoms with Crippen LogP contribution in [0.2, 0.25) is 0 Å². The van der Waals surface area contributed by atoms with Crippen molar-refractivity contribution in [2.45, 2.75) is 11.4 Å². The Kier molecular flexibility index (Phi) is 8.99. The molecule has 0 aliphatic carbocycles. The summed E-state index contributed by atoms with van der Waals surface area (Å²) in [5.74, 6) is -5.54. The summed E-state index contributed by atoms with van der Waals surface area (Å²) in [5, 5.41) is 35.8. The third-order valence-corrected chi connectivity index (χ3v) is 9.42. The lowest BCUT2D eigenvalue weighted by Gasteiger charge is -2.51. The number of quaternary nitrogens is 1. The van der Waals surface area contributed by atoms with E-state index in [0.717, 1.165) is 28.7 Å². The van der Waals surface area contributed by atoms with Gasteiger partial charge in [0.1, 0.15) is 23.7 Å². The second-order valence-corrected chi connectivity index (χ2v) is 12.7. The maximum absolute atomic E-state index is 13.2. The van der Waals surface area contributed by atoms with Gasteiger partial charge in [-0.3, -0.25) is 24.1 Å². The van der Waals surface area contributed by atoms with Crippen LogP contribution in [0.25, 0.3) is 0 Å². The predicted octanol–water partition coefficient (Wildman–Crippen LogP) is -3.67. The first-order chi connectivity index (χ1) is 21.8. The number of β-lactam (4-membered cyclic amide) rings is 1. The number of hydrogen-bond acceptors (Lipinski definition) is 15. The smallest absolute Gasteiger partial charge is 0.344 e. The number of aliphatic carboxylic acids is 2. The highest BCUT2D eigenvalue weighted by molar-refractivity contribution is 8.00. The fourth-order valence-electron chi connectivity index (χ4n) is 5.20. The first-order valence-corrected chi connectivity index (χ1v) is 15.3. The van der Waals surface area contributed by atoms with E-state index in [9.17, 15) is 39.0 Å². The zero-order valence-electron chi connectivity index (χ0n) is 24.0. The van der Waals surface area contributed by atoms with Gasteiger partial charge in [0.05, 0.1) is 44.9 Å². The number of piperazine rings is 1. The maximum atomic E-state index is 13.2. The summed E-state index contributed by atoms with van der Waals surface area (Å²) in [6.45, 7) is 0.880. The highest BCUT2D eigenvalue weighted by atomic mass is 32.2. The molecule has 2 aromatic rings. The van der Waals surface area contributed by atoms with E-state index < -0.39 is 64.6 Å². The Hall–Kier alpha value is -5.02. The number of carbonyl (C=O) groups excluding carboxylic acids is 4. The zero-order chi connectivity index (χ0) is 33.3. The number of hydrogen-bond donors (Lipinski definition) is 5. The summed E-state index contributed by atoms with van der Waals surface area (Å²) in [6, 6.07) is -0.126. The molecule has 2 fully saturated rings. The second-order valence-electron chi connectivity index (χ2n) is 10.8. The van der Waals surface area contributed by atoms with Crippen LogP contribution in [0.4, 0.5) is 5.13 Å². The van der Waals surface area contributed by atoms with Crippen molar-refractivity contribution in [2.75, 3.05) is 57.9 Å². The van der Waals surface area contributed by atoms with E-state index in [1.54, 1.807) is 4.90 Å². The third-order valence-electron chi connectivity index (χ3n) is 7.54. The summed E-state index contributed by atoms with van der Waals surface area (Å²) in [6.07, 6.45) is 1.05. The van der Waals surface area contributed by atoms with E-state index in [2.05, 4.69) is 29.7 Å². The van der Waals surface area contributed by atoms with Crippen LogP contribution in [0.3, 0.4) is 0 Å². The quantitative estimate of drug-likeness (QED) is 0.0702. The van der Waals surface area contributed by atoms with Crippen molar-refractivity contribution in [1.82, 2.24) is 29.5 Å². The van der Waals surface area contributed by atoms with Crippen molar-refractivity contribution >= 4 is 63.8 Å². The van der Waals surface area contributed by atoms with Gasteiger partial charge in [-0.1, -0.05) is 5.16 Å². The molecule has 3 amide bonds. The summed E-state index contributed by atoms with van der Waals surface area (Å²) < 4.78 is 4.23. The molecular formula is C25H27N9O10S2. The van der Waals surface area contributed by atoms with Crippen LogP contribution < -0.4 is 21.6 Å². The number of aromatic nitrogens is 3. The van der Waals surface area contributed by atoms with Crippen LogP contribution in [0.5, 0.6) is 5.75 Å². The van der Waals surface area contributed by atoms with Gasteiger partial charge < -0.3 is 50.4 Å². The number of amides is 3. The minimum atomic E-state index is -1.55. The number of pyridine rings is 1. The Labute approximate surface area is 267 Å². The number of anilines is 1. The number of nitrogens with one attached hydrogen (secondary N) is 2. The first kappa shape index (κ1) is 32.4. The number of nitrogens with two attached hydrogens (primary N) is 1. The van der Waals surface area contributed by atoms with Crippen molar-refractivity contribution in [2.24, 2.45) is 5.16 Å². The number of carboxylic acid groups (broad SMARTS) is 2.